The van der Waals surface area contributed by atoms with Gasteiger partial charge in [0.05, 0.1) is 12.0 Å². The Morgan fingerprint density at radius 1 is 1.25 bits per heavy atom. The third-order valence-corrected chi connectivity index (χ3v) is 4.29. The van der Waals surface area contributed by atoms with Crippen LogP contribution >= 0.6 is 11.3 Å². The predicted octanol–water partition coefficient (Wildman–Crippen LogP) is 2.09. The van der Waals surface area contributed by atoms with Gasteiger partial charge in [0.1, 0.15) is 5.82 Å². The highest BCUT2D eigenvalue weighted by molar-refractivity contribution is 7.20. The van der Waals surface area contributed by atoms with Gasteiger partial charge in [0.25, 0.3) is 5.56 Å². The van der Waals surface area contributed by atoms with Crippen LogP contribution in [0.4, 0.5) is 9.52 Å². The lowest BCUT2D eigenvalue weighted by Gasteiger charge is -2.07. The molecular formula is C15H11FN6OS. The Kier molecular flexibility index (Phi) is 3.54. The predicted molar refractivity (Wildman–Crippen MR) is 88.0 cm³/mol. The SMILES string of the molecule is O=c1ccnc2sc(NCc3ccc(-n4ccnc4)c(F)c3)nn12. The Balaban J connectivity index is 1.54. The number of halogens is 1. The Bertz CT molecular complexity index is 1060. The molecule has 0 unspecified atom stereocenters. The molecular weight excluding hydrogens is 331 g/mol. The highest BCUT2D eigenvalue weighted by Gasteiger charge is 2.08. The molecule has 120 valence electrons. The van der Waals surface area contributed by atoms with Crippen molar-refractivity contribution >= 4 is 21.4 Å². The van der Waals surface area contributed by atoms with Gasteiger partial charge in [0.2, 0.25) is 10.1 Å². The number of imidazole rings is 1. The van der Waals surface area contributed by atoms with Crippen LogP contribution in [-0.2, 0) is 6.54 Å². The first-order valence-corrected chi connectivity index (χ1v) is 7.88. The van der Waals surface area contributed by atoms with Gasteiger partial charge >= 0.3 is 0 Å². The maximum absolute atomic E-state index is 14.2. The minimum Gasteiger partial charge on any atom is -0.356 e. The van der Waals surface area contributed by atoms with Crippen LogP contribution in [-0.4, -0.2) is 24.1 Å². The van der Waals surface area contributed by atoms with Crippen LogP contribution in [0.5, 0.6) is 0 Å². The van der Waals surface area contributed by atoms with E-state index >= 15 is 0 Å². The normalized spacial score (nSPS) is 11.0. The van der Waals surface area contributed by atoms with E-state index in [9.17, 15) is 9.18 Å². The van der Waals surface area contributed by atoms with Gasteiger partial charge in [0.15, 0.2) is 0 Å². The van der Waals surface area contributed by atoms with Crippen molar-refractivity contribution < 1.29 is 4.39 Å². The average molecular weight is 342 g/mol. The van der Waals surface area contributed by atoms with Crippen molar-refractivity contribution in [2.75, 3.05) is 5.32 Å². The first-order valence-electron chi connectivity index (χ1n) is 7.06. The fraction of sp³-hybridized carbons (Fsp3) is 0.0667. The van der Waals surface area contributed by atoms with Gasteiger partial charge in [0, 0.05) is 31.2 Å². The topological polar surface area (TPSA) is 77.1 Å². The lowest BCUT2D eigenvalue weighted by molar-refractivity contribution is 0.616. The molecule has 3 heterocycles. The van der Waals surface area contributed by atoms with Gasteiger partial charge in [-0.05, 0) is 17.7 Å². The van der Waals surface area contributed by atoms with Gasteiger partial charge in [-0.25, -0.2) is 14.4 Å². The van der Waals surface area contributed by atoms with E-state index in [1.807, 2.05) is 6.07 Å². The van der Waals surface area contributed by atoms with Gasteiger partial charge in [-0.3, -0.25) is 4.79 Å². The van der Waals surface area contributed by atoms with E-state index in [4.69, 9.17) is 0 Å². The van der Waals surface area contributed by atoms with Gasteiger partial charge < -0.3 is 9.88 Å². The number of aromatic nitrogens is 5. The van der Waals surface area contributed by atoms with Crippen molar-refractivity contribution in [2.45, 2.75) is 6.54 Å². The van der Waals surface area contributed by atoms with E-state index in [1.165, 1.54) is 34.2 Å². The molecule has 0 aliphatic carbocycles. The zero-order valence-electron chi connectivity index (χ0n) is 12.3. The number of fused-ring (bicyclic) bond motifs is 1. The third kappa shape index (κ3) is 2.65. The lowest BCUT2D eigenvalue weighted by Crippen LogP contribution is -2.12. The van der Waals surface area contributed by atoms with Crippen molar-refractivity contribution in [3.63, 3.8) is 0 Å². The molecule has 0 saturated carbocycles. The summed E-state index contributed by atoms with van der Waals surface area (Å²) < 4.78 is 17.1. The van der Waals surface area contributed by atoms with Gasteiger partial charge in [-0.1, -0.05) is 17.4 Å². The van der Waals surface area contributed by atoms with Crippen molar-refractivity contribution in [3.8, 4) is 5.69 Å². The number of anilines is 1. The summed E-state index contributed by atoms with van der Waals surface area (Å²) in [6, 6.07) is 6.32. The van der Waals surface area contributed by atoms with E-state index in [1.54, 1.807) is 29.4 Å². The first kappa shape index (κ1) is 14.5. The fourth-order valence-corrected chi connectivity index (χ4v) is 3.03. The summed E-state index contributed by atoms with van der Waals surface area (Å²) in [5.74, 6) is -0.338. The van der Waals surface area contributed by atoms with Crippen LogP contribution in [0.25, 0.3) is 10.6 Å². The quantitative estimate of drug-likeness (QED) is 0.614. The zero-order valence-corrected chi connectivity index (χ0v) is 13.1. The minimum atomic E-state index is -0.338. The number of hydrogen-bond acceptors (Lipinski definition) is 6. The summed E-state index contributed by atoms with van der Waals surface area (Å²) in [6.45, 7) is 0.385. The van der Waals surface area contributed by atoms with E-state index in [-0.39, 0.29) is 11.4 Å². The third-order valence-electron chi connectivity index (χ3n) is 3.41. The van der Waals surface area contributed by atoms with Crippen LogP contribution in [0.2, 0.25) is 0 Å². The molecule has 0 aliphatic heterocycles. The molecule has 0 amide bonds. The summed E-state index contributed by atoms with van der Waals surface area (Å²) in [6.07, 6.45) is 6.27. The highest BCUT2D eigenvalue weighted by Crippen LogP contribution is 2.19. The zero-order chi connectivity index (χ0) is 16.5. The molecule has 0 fully saturated rings. The highest BCUT2D eigenvalue weighted by atomic mass is 32.1. The second-order valence-electron chi connectivity index (χ2n) is 4.99. The summed E-state index contributed by atoms with van der Waals surface area (Å²) in [7, 11) is 0. The van der Waals surface area contributed by atoms with Crippen molar-refractivity contribution in [1.82, 2.24) is 24.1 Å². The number of nitrogens with zero attached hydrogens (tertiary/aromatic N) is 5. The molecule has 4 aromatic rings. The van der Waals surface area contributed by atoms with Crippen LogP contribution in [0.3, 0.4) is 0 Å². The van der Waals surface area contributed by atoms with Crippen LogP contribution in [0.15, 0.2) is 54.0 Å². The molecule has 3 aromatic heterocycles. The van der Waals surface area contributed by atoms with Gasteiger partial charge in [-0.15, -0.1) is 5.10 Å². The monoisotopic (exact) mass is 342 g/mol. The molecule has 0 bridgehead atoms. The smallest absolute Gasteiger partial charge is 0.275 e. The lowest BCUT2D eigenvalue weighted by atomic mass is 10.2. The number of hydrogen-bond donors (Lipinski definition) is 1. The minimum absolute atomic E-state index is 0.236. The summed E-state index contributed by atoms with van der Waals surface area (Å²) in [5, 5.41) is 7.78. The molecule has 9 heteroatoms. The molecule has 0 radical (unpaired) electrons. The first-order chi connectivity index (χ1) is 11.7. The second-order valence-corrected chi connectivity index (χ2v) is 5.95. The molecule has 0 aliphatic rings. The molecule has 0 atom stereocenters. The molecule has 24 heavy (non-hydrogen) atoms. The fourth-order valence-electron chi connectivity index (χ4n) is 2.26. The van der Waals surface area contributed by atoms with Crippen molar-refractivity contribution in [3.05, 3.63) is 70.9 Å². The summed E-state index contributed by atoms with van der Waals surface area (Å²) in [4.78, 5) is 20.1. The molecule has 0 spiro atoms. The van der Waals surface area contributed by atoms with E-state index in [0.29, 0.717) is 22.3 Å². The Morgan fingerprint density at radius 3 is 2.92 bits per heavy atom. The molecule has 1 N–H and O–H groups in total. The van der Waals surface area contributed by atoms with Crippen LogP contribution in [0.1, 0.15) is 5.56 Å². The maximum Gasteiger partial charge on any atom is 0.275 e. The summed E-state index contributed by atoms with van der Waals surface area (Å²) in [5.41, 5.74) is 0.961. The van der Waals surface area contributed by atoms with E-state index < -0.39 is 0 Å². The second kappa shape index (κ2) is 5.85. The van der Waals surface area contributed by atoms with Crippen molar-refractivity contribution in [1.29, 1.82) is 0 Å². The number of rotatable bonds is 4. The van der Waals surface area contributed by atoms with E-state index in [0.717, 1.165) is 5.56 Å². The maximum atomic E-state index is 14.2. The Morgan fingerprint density at radius 2 is 2.17 bits per heavy atom. The van der Waals surface area contributed by atoms with Crippen molar-refractivity contribution in [2.24, 2.45) is 0 Å². The number of benzene rings is 1. The van der Waals surface area contributed by atoms with Gasteiger partial charge in [-0.2, -0.15) is 4.52 Å². The van der Waals surface area contributed by atoms with Crippen LogP contribution < -0.4 is 10.9 Å². The number of nitrogens with one attached hydrogen (secondary N) is 1. The Labute approximate surface area is 139 Å². The molecule has 4 rings (SSSR count). The average Bonchev–Trinajstić information content (AvgIpc) is 3.23. The Hall–Kier alpha value is -3.07. The largest absolute Gasteiger partial charge is 0.356 e. The standard InChI is InChI=1S/C15H11FN6OS/c16-11-7-10(1-2-12(11)21-6-5-17-9-21)8-19-14-20-22-13(23)3-4-18-15(22)24-14/h1-7,9H,8H2,(H,19,20). The summed E-state index contributed by atoms with van der Waals surface area (Å²) >= 11 is 1.26. The van der Waals surface area contributed by atoms with E-state index in [2.05, 4.69) is 20.4 Å². The van der Waals surface area contributed by atoms with Crippen LogP contribution in [0, 0.1) is 5.82 Å². The molecule has 0 saturated heterocycles. The molecule has 7 nitrogen and oxygen atoms in total. The molecule has 1 aromatic carbocycles.